The zero-order valence-corrected chi connectivity index (χ0v) is 15.2. The maximum Gasteiger partial charge on any atom is 0.340 e. The van der Waals surface area contributed by atoms with Crippen molar-refractivity contribution in [2.45, 2.75) is 20.4 Å². The standard InChI is InChI=1S/C20H21FN2O4/c1-3-27-20(26)16-9-5-7-11-18(16)23(14(2)24)13-19(25)22-12-15-8-4-6-10-17(15)21/h4-11H,3,12-13H2,1-2H3,(H,22,25). The number of amides is 2. The van der Waals surface area contributed by atoms with Gasteiger partial charge in [-0.15, -0.1) is 0 Å². The first kappa shape index (κ1) is 20.1. The monoisotopic (exact) mass is 372 g/mol. The minimum absolute atomic E-state index is 0.00320. The van der Waals surface area contributed by atoms with Crippen LogP contribution in [-0.4, -0.2) is 30.9 Å². The Balaban J connectivity index is 2.14. The molecule has 0 aliphatic carbocycles. The fraction of sp³-hybridized carbons (Fsp3) is 0.250. The maximum absolute atomic E-state index is 13.6. The molecule has 0 heterocycles. The Morgan fingerprint density at radius 3 is 2.41 bits per heavy atom. The Bertz CT molecular complexity index is 838. The van der Waals surface area contributed by atoms with E-state index in [-0.39, 0.29) is 30.9 Å². The summed E-state index contributed by atoms with van der Waals surface area (Å²) in [4.78, 5) is 37.7. The van der Waals surface area contributed by atoms with E-state index in [0.717, 1.165) is 0 Å². The molecular formula is C20H21FN2O4. The largest absolute Gasteiger partial charge is 0.462 e. The van der Waals surface area contributed by atoms with E-state index >= 15 is 0 Å². The number of nitrogens with one attached hydrogen (secondary N) is 1. The first-order chi connectivity index (χ1) is 12.9. The molecule has 0 aromatic heterocycles. The number of carbonyl (C=O) groups excluding carboxylic acids is 3. The average molecular weight is 372 g/mol. The number of ether oxygens (including phenoxy) is 1. The van der Waals surface area contributed by atoms with Gasteiger partial charge in [-0.25, -0.2) is 9.18 Å². The molecule has 2 rings (SSSR count). The lowest BCUT2D eigenvalue weighted by molar-refractivity contribution is -0.123. The first-order valence-electron chi connectivity index (χ1n) is 8.48. The van der Waals surface area contributed by atoms with Gasteiger partial charge in [-0.05, 0) is 25.1 Å². The Morgan fingerprint density at radius 1 is 1.07 bits per heavy atom. The summed E-state index contributed by atoms with van der Waals surface area (Å²) in [6, 6.07) is 12.5. The molecule has 2 aromatic rings. The van der Waals surface area contributed by atoms with Gasteiger partial charge in [0.2, 0.25) is 11.8 Å². The van der Waals surface area contributed by atoms with Crippen molar-refractivity contribution in [1.29, 1.82) is 0 Å². The fourth-order valence-electron chi connectivity index (χ4n) is 2.49. The first-order valence-corrected chi connectivity index (χ1v) is 8.48. The van der Waals surface area contributed by atoms with Crippen LogP contribution in [0.25, 0.3) is 0 Å². The predicted octanol–water partition coefficient (Wildman–Crippen LogP) is 2.67. The third kappa shape index (κ3) is 5.37. The normalized spacial score (nSPS) is 10.2. The highest BCUT2D eigenvalue weighted by Crippen LogP contribution is 2.21. The van der Waals surface area contributed by atoms with Gasteiger partial charge >= 0.3 is 5.97 Å². The van der Waals surface area contributed by atoms with Gasteiger partial charge < -0.3 is 15.0 Å². The molecule has 142 valence electrons. The highest BCUT2D eigenvalue weighted by molar-refractivity contribution is 6.04. The molecule has 0 saturated carbocycles. The van der Waals surface area contributed by atoms with E-state index in [2.05, 4.69) is 5.32 Å². The molecule has 0 aliphatic heterocycles. The Hall–Kier alpha value is -3.22. The minimum Gasteiger partial charge on any atom is -0.462 e. The topological polar surface area (TPSA) is 75.7 Å². The highest BCUT2D eigenvalue weighted by atomic mass is 19.1. The van der Waals surface area contributed by atoms with Crippen molar-refractivity contribution < 1.29 is 23.5 Å². The molecule has 0 radical (unpaired) electrons. The van der Waals surface area contributed by atoms with Crippen LogP contribution in [0, 0.1) is 5.82 Å². The van der Waals surface area contributed by atoms with Gasteiger partial charge in [0, 0.05) is 19.0 Å². The zero-order valence-electron chi connectivity index (χ0n) is 15.2. The van der Waals surface area contributed by atoms with Crippen LogP contribution in [0.3, 0.4) is 0 Å². The number of hydrogen-bond donors (Lipinski definition) is 1. The number of halogens is 1. The molecule has 6 nitrogen and oxygen atoms in total. The predicted molar refractivity (Wildman–Crippen MR) is 98.7 cm³/mol. The molecule has 2 aromatic carbocycles. The molecule has 0 aliphatic rings. The number of hydrogen-bond acceptors (Lipinski definition) is 4. The van der Waals surface area contributed by atoms with Crippen molar-refractivity contribution in [3.8, 4) is 0 Å². The van der Waals surface area contributed by atoms with Crippen LogP contribution in [0.5, 0.6) is 0 Å². The lowest BCUT2D eigenvalue weighted by Gasteiger charge is -2.23. The van der Waals surface area contributed by atoms with Crippen molar-refractivity contribution in [3.05, 3.63) is 65.5 Å². The van der Waals surface area contributed by atoms with E-state index in [1.807, 2.05) is 0 Å². The Kier molecular flexibility index (Phi) is 7.05. The molecule has 27 heavy (non-hydrogen) atoms. The maximum atomic E-state index is 13.6. The number of nitrogens with zero attached hydrogens (tertiary/aromatic N) is 1. The number of carbonyl (C=O) groups is 3. The van der Waals surface area contributed by atoms with Gasteiger partial charge in [0.1, 0.15) is 12.4 Å². The number of benzene rings is 2. The SMILES string of the molecule is CCOC(=O)c1ccccc1N(CC(=O)NCc1ccccc1F)C(C)=O. The molecule has 0 saturated heterocycles. The van der Waals surface area contributed by atoms with E-state index in [1.54, 1.807) is 43.3 Å². The summed E-state index contributed by atoms with van der Waals surface area (Å²) < 4.78 is 18.6. The van der Waals surface area contributed by atoms with Crippen molar-refractivity contribution in [2.75, 3.05) is 18.1 Å². The van der Waals surface area contributed by atoms with Crippen LogP contribution in [0.2, 0.25) is 0 Å². The Labute approximate surface area is 156 Å². The number of anilines is 1. The average Bonchev–Trinajstić information content (AvgIpc) is 2.65. The van der Waals surface area contributed by atoms with Crippen molar-refractivity contribution >= 4 is 23.5 Å². The van der Waals surface area contributed by atoms with Crippen LogP contribution in [0.4, 0.5) is 10.1 Å². The second-order valence-corrected chi connectivity index (χ2v) is 5.71. The van der Waals surface area contributed by atoms with E-state index in [1.165, 1.54) is 24.0 Å². The molecule has 0 bridgehead atoms. The number of para-hydroxylation sites is 1. The third-order valence-electron chi connectivity index (χ3n) is 3.81. The summed E-state index contributed by atoms with van der Waals surface area (Å²) >= 11 is 0. The van der Waals surface area contributed by atoms with Gasteiger partial charge in [0.15, 0.2) is 0 Å². The molecule has 7 heteroatoms. The van der Waals surface area contributed by atoms with Crippen LogP contribution >= 0.6 is 0 Å². The fourth-order valence-corrected chi connectivity index (χ4v) is 2.49. The van der Waals surface area contributed by atoms with Gasteiger partial charge in [-0.2, -0.15) is 0 Å². The lowest BCUT2D eigenvalue weighted by Crippen LogP contribution is -2.40. The summed E-state index contributed by atoms with van der Waals surface area (Å²) in [5.41, 5.74) is 0.813. The molecule has 0 unspecified atom stereocenters. The summed E-state index contributed by atoms with van der Waals surface area (Å²) in [5, 5.41) is 2.58. The second-order valence-electron chi connectivity index (χ2n) is 5.71. The summed E-state index contributed by atoms with van der Waals surface area (Å²) in [7, 11) is 0. The summed E-state index contributed by atoms with van der Waals surface area (Å²) in [5.74, 6) is -1.89. The molecule has 0 spiro atoms. The van der Waals surface area contributed by atoms with Gasteiger partial charge in [0.05, 0.1) is 17.9 Å². The van der Waals surface area contributed by atoms with Gasteiger partial charge in [0.25, 0.3) is 0 Å². The van der Waals surface area contributed by atoms with Crippen molar-refractivity contribution in [1.82, 2.24) is 5.32 Å². The van der Waals surface area contributed by atoms with E-state index in [0.29, 0.717) is 5.56 Å². The van der Waals surface area contributed by atoms with Crippen molar-refractivity contribution in [3.63, 3.8) is 0 Å². The van der Waals surface area contributed by atoms with E-state index < -0.39 is 23.6 Å². The minimum atomic E-state index is -0.578. The van der Waals surface area contributed by atoms with Gasteiger partial charge in [-0.3, -0.25) is 9.59 Å². The second kappa shape index (κ2) is 9.47. The zero-order chi connectivity index (χ0) is 19.8. The van der Waals surface area contributed by atoms with Crippen LogP contribution in [-0.2, 0) is 20.9 Å². The quantitative estimate of drug-likeness (QED) is 0.758. The smallest absolute Gasteiger partial charge is 0.340 e. The van der Waals surface area contributed by atoms with E-state index in [9.17, 15) is 18.8 Å². The summed E-state index contributed by atoms with van der Waals surface area (Å²) in [6.45, 7) is 2.86. The third-order valence-corrected chi connectivity index (χ3v) is 3.81. The molecular weight excluding hydrogens is 351 g/mol. The lowest BCUT2D eigenvalue weighted by atomic mass is 10.1. The number of esters is 1. The number of rotatable bonds is 7. The van der Waals surface area contributed by atoms with Crippen LogP contribution in [0.1, 0.15) is 29.8 Å². The molecule has 0 atom stereocenters. The van der Waals surface area contributed by atoms with Gasteiger partial charge in [-0.1, -0.05) is 30.3 Å². The highest BCUT2D eigenvalue weighted by Gasteiger charge is 2.22. The molecule has 1 N–H and O–H groups in total. The summed E-state index contributed by atoms with van der Waals surface area (Å²) in [6.07, 6.45) is 0. The molecule has 0 fully saturated rings. The van der Waals surface area contributed by atoms with Crippen LogP contribution < -0.4 is 10.2 Å². The van der Waals surface area contributed by atoms with Crippen molar-refractivity contribution in [2.24, 2.45) is 0 Å². The Morgan fingerprint density at radius 2 is 1.74 bits per heavy atom. The van der Waals surface area contributed by atoms with E-state index in [4.69, 9.17) is 4.74 Å². The molecule has 2 amide bonds. The van der Waals surface area contributed by atoms with Crippen LogP contribution in [0.15, 0.2) is 48.5 Å².